The highest BCUT2D eigenvalue weighted by Gasteiger charge is 2.35. The van der Waals surface area contributed by atoms with Gasteiger partial charge in [-0.3, -0.25) is 0 Å². The minimum atomic E-state index is 0.198. The molecule has 0 amide bonds. The summed E-state index contributed by atoms with van der Waals surface area (Å²) in [7, 11) is 1.84. The van der Waals surface area contributed by atoms with E-state index in [1.54, 1.807) is 0 Å². The van der Waals surface area contributed by atoms with E-state index in [1.807, 2.05) is 7.11 Å². The molecule has 2 heteroatoms. The molecule has 1 aliphatic rings. The van der Waals surface area contributed by atoms with Crippen LogP contribution < -0.4 is 5.32 Å². The van der Waals surface area contributed by atoms with Crippen LogP contribution in [0.1, 0.15) is 31.2 Å². The lowest BCUT2D eigenvalue weighted by Crippen LogP contribution is -2.41. The lowest BCUT2D eigenvalue weighted by molar-refractivity contribution is -0.0768. The van der Waals surface area contributed by atoms with Gasteiger partial charge < -0.3 is 10.1 Å². The summed E-state index contributed by atoms with van der Waals surface area (Å²) in [5.41, 5.74) is 1.55. The molecule has 0 spiro atoms. The van der Waals surface area contributed by atoms with Gasteiger partial charge in [-0.15, -0.1) is 0 Å². The molecule has 1 aromatic rings. The summed E-state index contributed by atoms with van der Waals surface area (Å²) in [5, 5.41) is 3.48. The van der Waals surface area contributed by atoms with E-state index >= 15 is 0 Å². The Morgan fingerprint density at radius 3 is 2.56 bits per heavy atom. The molecule has 88 valence electrons. The summed E-state index contributed by atoms with van der Waals surface area (Å²) >= 11 is 0. The third kappa shape index (κ3) is 2.83. The van der Waals surface area contributed by atoms with Gasteiger partial charge in [0.05, 0.1) is 5.60 Å². The zero-order valence-corrected chi connectivity index (χ0v) is 10.0. The monoisotopic (exact) mass is 219 g/mol. The highest BCUT2D eigenvalue weighted by molar-refractivity contribution is 5.14. The van der Waals surface area contributed by atoms with E-state index in [-0.39, 0.29) is 5.60 Å². The van der Waals surface area contributed by atoms with Crippen molar-refractivity contribution in [2.75, 3.05) is 13.7 Å². The van der Waals surface area contributed by atoms with Gasteiger partial charge in [0.15, 0.2) is 0 Å². The maximum Gasteiger partial charge on any atom is 0.0690 e. The van der Waals surface area contributed by atoms with Gasteiger partial charge in [-0.1, -0.05) is 30.3 Å². The Morgan fingerprint density at radius 2 is 2.00 bits per heavy atom. The van der Waals surface area contributed by atoms with Crippen molar-refractivity contribution in [3.05, 3.63) is 35.9 Å². The van der Waals surface area contributed by atoms with Crippen LogP contribution >= 0.6 is 0 Å². The second kappa shape index (κ2) is 5.46. The molecular formula is C14H21NO. The van der Waals surface area contributed by atoms with Gasteiger partial charge in [0.2, 0.25) is 0 Å². The molecule has 0 aromatic heterocycles. The Kier molecular flexibility index (Phi) is 3.97. The molecule has 0 aliphatic heterocycles. The van der Waals surface area contributed by atoms with Gasteiger partial charge in [0.1, 0.15) is 0 Å². The summed E-state index contributed by atoms with van der Waals surface area (Å²) in [5.74, 6) is 0. The average molecular weight is 219 g/mol. The molecule has 2 rings (SSSR count). The van der Waals surface area contributed by atoms with Crippen LogP contribution in [0.5, 0.6) is 0 Å². The summed E-state index contributed by atoms with van der Waals surface area (Å²) < 4.78 is 5.59. The predicted octanol–water partition coefficient (Wildman–Crippen LogP) is 2.74. The predicted molar refractivity (Wildman–Crippen MR) is 66.4 cm³/mol. The standard InChI is InChI=1S/C14H21NO/c1-16-14(8-5-9-14)10-11-15-12-13-6-3-2-4-7-13/h2-4,6-7,15H,5,8-12H2,1H3. The van der Waals surface area contributed by atoms with Gasteiger partial charge in [-0.2, -0.15) is 0 Å². The molecule has 1 fully saturated rings. The lowest BCUT2D eigenvalue weighted by Gasteiger charge is -2.40. The number of methoxy groups -OCH3 is 1. The minimum Gasteiger partial charge on any atom is -0.378 e. The van der Waals surface area contributed by atoms with Crippen molar-refractivity contribution in [3.63, 3.8) is 0 Å². The first kappa shape index (κ1) is 11.6. The second-order valence-electron chi connectivity index (χ2n) is 4.65. The van der Waals surface area contributed by atoms with Crippen molar-refractivity contribution < 1.29 is 4.74 Å². The van der Waals surface area contributed by atoms with Crippen LogP contribution in [0, 0.1) is 0 Å². The van der Waals surface area contributed by atoms with E-state index in [1.165, 1.54) is 24.8 Å². The van der Waals surface area contributed by atoms with Gasteiger partial charge in [-0.05, 0) is 37.8 Å². The highest BCUT2D eigenvalue weighted by atomic mass is 16.5. The fourth-order valence-electron chi connectivity index (χ4n) is 2.27. The maximum atomic E-state index is 5.59. The molecule has 1 N–H and O–H groups in total. The number of nitrogens with one attached hydrogen (secondary N) is 1. The van der Waals surface area contributed by atoms with E-state index in [4.69, 9.17) is 4.74 Å². The molecule has 0 bridgehead atoms. The Balaban J connectivity index is 1.65. The number of ether oxygens (including phenoxy) is 1. The third-order valence-electron chi connectivity index (χ3n) is 3.63. The van der Waals surface area contributed by atoms with Gasteiger partial charge in [-0.25, -0.2) is 0 Å². The Hall–Kier alpha value is -0.860. The lowest BCUT2D eigenvalue weighted by atomic mass is 9.77. The van der Waals surface area contributed by atoms with Crippen molar-refractivity contribution in [1.82, 2.24) is 5.32 Å². The first-order valence-corrected chi connectivity index (χ1v) is 6.14. The van der Waals surface area contributed by atoms with Crippen molar-refractivity contribution in [1.29, 1.82) is 0 Å². The SMILES string of the molecule is COC1(CCNCc2ccccc2)CCC1. The molecule has 16 heavy (non-hydrogen) atoms. The minimum absolute atomic E-state index is 0.198. The molecule has 0 atom stereocenters. The largest absolute Gasteiger partial charge is 0.378 e. The van der Waals surface area contributed by atoms with Crippen LogP contribution in [0.2, 0.25) is 0 Å². The van der Waals surface area contributed by atoms with Crippen LogP contribution in [-0.4, -0.2) is 19.3 Å². The van der Waals surface area contributed by atoms with Crippen molar-refractivity contribution >= 4 is 0 Å². The zero-order chi connectivity index (χ0) is 11.3. The zero-order valence-electron chi connectivity index (χ0n) is 10.0. The number of benzene rings is 1. The van der Waals surface area contributed by atoms with Crippen LogP contribution in [0.15, 0.2) is 30.3 Å². The summed E-state index contributed by atoms with van der Waals surface area (Å²) in [4.78, 5) is 0. The van der Waals surface area contributed by atoms with Gasteiger partial charge in [0.25, 0.3) is 0 Å². The summed E-state index contributed by atoms with van der Waals surface area (Å²) in [6, 6.07) is 10.5. The smallest absolute Gasteiger partial charge is 0.0690 e. The average Bonchev–Trinajstić information content (AvgIpc) is 2.29. The first-order valence-electron chi connectivity index (χ1n) is 6.14. The van der Waals surface area contributed by atoms with Gasteiger partial charge >= 0.3 is 0 Å². The van der Waals surface area contributed by atoms with Crippen LogP contribution in [-0.2, 0) is 11.3 Å². The number of rotatable bonds is 6. The van der Waals surface area contributed by atoms with Crippen LogP contribution in [0.3, 0.4) is 0 Å². The van der Waals surface area contributed by atoms with E-state index in [2.05, 4.69) is 35.6 Å². The second-order valence-corrected chi connectivity index (χ2v) is 4.65. The molecule has 2 nitrogen and oxygen atoms in total. The van der Waals surface area contributed by atoms with E-state index in [9.17, 15) is 0 Å². The van der Waals surface area contributed by atoms with Crippen molar-refractivity contribution in [2.24, 2.45) is 0 Å². The van der Waals surface area contributed by atoms with E-state index in [0.717, 1.165) is 19.5 Å². The normalized spacial score (nSPS) is 18.1. The van der Waals surface area contributed by atoms with Crippen molar-refractivity contribution in [2.45, 2.75) is 37.8 Å². The Morgan fingerprint density at radius 1 is 1.25 bits per heavy atom. The molecule has 1 saturated carbocycles. The Bertz CT molecular complexity index is 300. The van der Waals surface area contributed by atoms with Crippen LogP contribution in [0.25, 0.3) is 0 Å². The Labute approximate surface area is 98.0 Å². The molecular weight excluding hydrogens is 198 g/mol. The maximum absolute atomic E-state index is 5.59. The van der Waals surface area contributed by atoms with Crippen molar-refractivity contribution in [3.8, 4) is 0 Å². The molecule has 0 unspecified atom stereocenters. The highest BCUT2D eigenvalue weighted by Crippen LogP contribution is 2.37. The number of hydrogen-bond acceptors (Lipinski definition) is 2. The van der Waals surface area contributed by atoms with Crippen LogP contribution in [0.4, 0.5) is 0 Å². The first-order chi connectivity index (χ1) is 7.85. The summed E-state index contributed by atoms with van der Waals surface area (Å²) in [6.45, 7) is 2.00. The quantitative estimate of drug-likeness (QED) is 0.743. The molecule has 0 heterocycles. The van der Waals surface area contributed by atoms with Gasteiger partial charge in [0, 0.05) is 13.7 Å². The van der Waals surface area contributed by atoms with E-state index < -0.39 is 0 Å². The fourth-order valence-corrected chi connectivity index (χ4v) is 2.27. The third-order valence-corrected chi connectivity index (χ3v) is 3.63. The molecule has 1 aliphatic carbocycles. The topological polar surface area (TPSA) is 21.3 Å². The van der Waals surface area contributed by atoms with E-state index in [0.29, 0.717) is 0 Å². The molecule has 0 saturated heterocycles. The molecule has 0 radical (unpaired) electrons. The summed E-state index contributed by atoms with van der Waals surface area (Å²) in [6.07, 6.45) is 4.93. The fraction of sp³-hybridized carbons (Fsp3) is 0.571. The number of hydrogen-bond donors (Lipinski definition) is 1. The molecule has 1 aromatic carbocycles.